The number of ether oxygens (including phenoxy) is 1. The third-order valence-corrected chi connectivity index (χ3v) is 3.41. The zero-order valence-electron chi connectivity index (χ0n) is 8.62. The highest BCUT2D eigenvalue weighted by Gasteiger charge is 2.31. The Morgan fingerprint density at radius 1 is 1.67 bits per heavy atom. The number of hydrogen-bond acceptors (Lipinski definition) is 5. The highest BCUT2D eigenvalue weighted by Crippen LogP contribution is 2.10. The number of methoxy groups -OCH3 is 1. The van der Waals surface area contributed by atoms with Crippen molar-refractivity contribution in [2.75, 3.05) is 19.5 Å². The van der Waals surface area contributed by atoms with Gasteiger partial charge in [-0.2, -0.15) is 5.10 Å². The molecule has 0 saturated heterocycles. The van der Waals surface area contributed by atoms with Crippen LogP contribution in [-0.2, 0) is 14.8 Å². The van der Waals surface area contributed by atoms with Crippen molar-refractivity contribution in [2.45, 2.75) is 6.92 Å². The third-order valence-electron chi connectivity index (χ3n) is 1.84. The van der Waals surface area contributed by atoms with Crippen LogP contribution in [0, 0.1) is 0 Å². The summed E-state index contributed by atoms with van der Waals surface area (Å²) in [7, 11) is -3.42. The summed E-state index contributed by atoms with van der Waals surface area (Å²) >= 11 is 0. The average molecular weight is 232 g/mol. The molecule has 0 aliphatic carbocycles. The van der Waals surface area contributed by atoms with Crippen LogP contribution in [0.15, 0.2) is 16.6 Å². The molecule has 1 heterocycles. The van der Waals surface area contributed by atoms with Crippen LogP contribution >= 0.6 is 0 Å². The number of nitrogens with zero attached hydrogens (tertiary/aromatic N) is 2. The van der Waals surface area contributed by atoms with Gasteiger partial charge in [-0.05, 0) is 12.5 Å². The summed E-state index contributed by atoms with van der Waals surface area (Å²) < 4.78 is 28.6. The van der Waals surface area contributed by atoms with Gasteiger partial charge in [-0.25, -0.2) is 12.7 Å². The molecule has 0 amide bonds. The second kappa shape index (κ2) is 4.78. The Morgan fingerprint density at radius 3 is 2.87 bits per heavy atom. The minimum Gasteiger partial charge on any atom is -0.427 e. The molecule has 0 radical (unpaired) electrons. The standard InChI is InChI=1S/C7H13BN2O4S/c1-7-5-8(11)10(9-6-7)15(12,13)4-3-14-2/h5-6,11H,3-4H2,1-2H3. The molecule has 6 nitrogen and oxygen atoms in total. The van der Waals surface area contributed by atoms with Gasteiger partial charge in [0.1, 0.15) is 0 Å². The molecule has 0 spiro atoms. The van der Waals surface area contributed by atoms with Gasteiger partial charge < -0.3 is 9.76 Å². The second-order valence-electron chi connectivity index (χ2n) is 3.15. The average Bonchev–Trinajstić information content (AvgIpc) is 2.14. The van der Waals surface area contributed by atoms with Gasteiger partial charge in [-0.15, -0.1) is 0 Å². The monoisotopic (exact) mass is 232 g/mol. The molecular formula is C7H13BN2O4S. The molecular weight excluding hydrogens is 219 g/mol. The highest BCUT2D eigenvalue weighted by molar-refractivity contribution is 7.90. The maximum Gasteiger partial charge on any atom is 0.476 e. The van der Waals surface area contributed by atoms with E-state index in [2.05, 4.69) is 9.84 Å². The Balaban J connectivity index is 2.77. The van der Waals surface area contributed by atoms with Gasteiger partial charge in [0.05, 0.1) is 12.4 Å². The van der Waals surface area contributed by atoms with Crippen molar-refractivity contribution >= 4 is 23.3 Å². The van der Waals surface area contributed by atoms with Gasteiger partial charge in [-0.1, -0.05) is 5.98 Å². The fourth-order valence-electron chi connectivity index (χ4n) is 1.08. The molecule has 1 N–H and O–H groups in total. The first-order valence-corrected chi connectivity index (χ1v) is 6.00. The summed E-state index contributed by atoms with van der Waals surface area (Å²) in [6, 6.07) is 0. The molecule has 84 valence electrons. The Bertz CT molecular complexity index is 378. The van der Waals surface area contributed by atoms with Crippen molar-refractivity contribution in [1.29, 1.82) is 0 Å². The third kappa shape index (κ3) is 3.05. The van der Waals surface area contributed by atoms with Crippen LogP contribution in [0.3, 0.4) is 0 Å². The van der Waals surface area contributed by atoms with Crippen molar-refractivity contribution in [3.8, 4) is 0 Å². The molecule has 0 aromatic carbocycles. The normalized spacial score (nSPS) is 16.9. The first kappa shape index (κ1) is 12.2. The van der Waals surface area contributed by atoms with Crippen LogP contribution in [0.5, 0.6) is 0 Å². The molecule has 0 aromatic rings. The number of sulfonamides is 1. The van der Waals surface area contributed by atoms with Crippen LogP contribution in [0.2, 0.25) is 0 Å². The van der Waals surface area contributed by atoms with E-state index in [0.717, 1.165) is 5.57 Å². The predicted molar refractivity (Wildman–Crippen MR) is 57.7 cm³/mol. The molecule has 0 unspecified atom stereocenters. The number of allylic oxidation sites excluding steroid dienone is 1. The lowest BCUT2D eigenvalue weighted by atomic mass is 9.82. The van der Waals surface area contributed by atoms with Gasteiger partial charge in [-0.3, -0.25) is 0 Å². The van der Waals surface area contributed by atoms with E-state index in [4.69, 9.17) is 0 Å². The lowest BCUT2D eigenvalue weighted by molar-refractivity contribution is 0.216. The molecule has 15 heavy (non-hydrogen) atoms. The van der Waals surface area contributed by atoms with Crippen LogP contribution in [0.1, 0.15) is 6.92 Å². The summed E-state index contributed by atoms with van der Waals surface area (Å²) in [5.74, 6) is 1.21. The zero-order chi connectivity index (χ0) is 11.5. The van der Waals surface area contributed by atoms with E-state index in [0.29, 0.717) is 4.33 Å². The van der Waals surface area contributed by atoms with Crippen LogP contribution in [0.4, 0.5) is 0 Å². The van der Waals surface area contributed by atoms with Gasteiger partial charge >= 0.3 is 7.05 Å². The highest BCUT2D eigenvalue weighted by atomic mass is 32.2. The molecule has 1 aliphatic rings. The van der Waals surface area contributed by atoms with Gasteiger partial charge in [0.2, 0.25) is 10.0 Å². The van der Waals surface area contributed by atoms with Gasteiger partial charge in [0.15, 0.2) is 0 Å². The summed E-state index contributed by atoms with van der Waals surface area (Å²) in [6.07, 6.45) is 1.39. The number of hydrogen-bond donors (Lipinski definition) is 1. The molecule has 0 fully saturated rings. The molecule has 0 saturated carbocycles. The summed E-state index contributed by atoms with van der Waals surface area (Å²) in [4.78, 5) is 0. The number of rotatable bonds is 4. The van der Waals surface area contributed by atoms with E-state index in [1.54, 1.807) is 6.92 Å². The lowest BCUT2D eigenvalue weighted by Crippen LogP contribution is -2.42. The topological polar surface area (TPSA) is 79.2 Å². The smallest absolute Gasteiger partial charge is 0.427 e. The van der Waals surface area contributed by atoms with Crippen LogP contribution in [0.25, 0.3) is 0 Å². The van der Waals surface area contributed by atoms with Crippen molar-refractivity contribution < 1.29 is 18.2 Å². The van der Waals surface area contributed by atoms with Crippen molar-refractivity contribution in [3.05, 3.63) is 11.5 Å². The Hall–Kier alpha value is -0.855. The number of hydrazone groups is 1. The Labute approximate surface area is 89.4 Å². The molecule has 1 rings (SSSR count). The minimum atomic E-state index is -3.60. The summed E-state index contributed by atoms with van der Waals surface area (Å²) in [6.45, 7) is 1.80. The van der Waals surface area contributed by atoms with Crippen molar-refractivity contribution in [1.82, 2.24) is 4.33 Å². The fourth-order valence-corrected chi connectivity index (χ4v) is 2.22. The van der Waals surface area contributed by atoms with Crippen LogP contribution in [-0.4, -0.2) is 50.5 Å². The fraction of sp³-hybridized carbons (Fsp3) is 0.571. The summed E-state index contributed by atoms with van der Waals surface area (Å²) in [5, 5.41) is 13.2. The predicted octanol–water partition coefficient (Wildman–Crippen LogP) is -0.770. The van der Waals surface area contributed by atoms with E-state index < -0.39 is 17.1 Å². The van der Waals surface area contributed by atoms with E-state index in [9.17, 15) is 13.4 Å². The molecule has 0 atom stereocenters. The largest absolute Gasteiger partial charge is 0.476 e. The molecule has 1 aliphatic heterocycles. The maximum atomic E-state index is 11.6. The molecule has 0 aromatic heterocycles. The quantitative estimate of drug-likeness (QED) is 0.645. The first-order chi connectivity index (χ1) is 6.97. The molecule has 8 heteroatoms. The summed E-state index contributed by atoms with van der Waals surface area (Å²) in [5.41, 5.74) is 0.723. The minimum absolute atomic E-state index is 0.0732. The van der Waals surface area contributed by atoms with E-state index in [-0.39, 0.29) is 12.4 Å². The molecule has 0 bridgehead atoms. The Kier molecular flexibility index (Phi) is 3.89. The Morgan fingerprint density at radius 2 is 2.33 bits per heavy atom. The van der Waals surface area contributed by atoms with Crippen LogP contribution < -0.4 is 0 Å². The lowest BCUT2D eigenvalue weighted by Gasteiger charge is -2.22. The van der Waals surface area contributed by atoms with E-state index >= 15 is 0 Å². The van der Waals surface area contributed by atoms with Crippen molar-refractivity contribution in [2.24, 2.45) is 5.10 Å². The maximum absolute atomic E-state index is 11.6. The SMILES string of the molecule is COCCS(=O)(=O)N1N=CC(C)=CB1O. The zero-order valence-corrected chi connectivity index (χ0v) is 9.44. The van der Waals surface area contributed by atoms with E-state index in [1.165, 1.54) is 19.3 Å². The second-order valence-corrected chi connectivity index (χ2v) is 5.10. The van der Waals surface area contributed by atoms with Gasteiger partial charge in [0, 0.05) is 13.3 Å². The van der Waals surface area contributed by atoms with Crippen molar-refractivity contribution in [3.63, 3.8) is 0 Å². The first-order valence-electron chi connectivity index (χ1n) is 4.39. The van der Waals surface area contributed by atoms with E-state index in [1.807, 2.05) is 0 Å². The van der Waals surface area contributed by atoms with Gasteiger partial charge in [0.25, 0.3) is 0 Å².